The number of para-hydroxylation sites is 1. The SMILES string of the molecule is COc1cccc(C(=O)N2CCCC(c3noc(COCc4ccccc4)n3)C2)c1OC. The van der Waals surface area contributed by atoms with Crippen LogP contribution in [0, 0.1) is 0 Å². The molecule has 1 saturated heterocycles. The number of ether oxygens (including phenoxy) is 3. The Kier molecular flexibility index (Phi) is 7.01. The lowest BCUT2D eigenvalue weighted by atomic mass is 9.96. The van der Waals surface area contributed by atoms with E-state index >= 15 is 0 Å². The van der Waals surface area contributed by atoms with Crippen LogP contribution in [0.3, 0.4) is 0 Å². The van der Waals surface area contributed by atoms with Crippen LogP contribution in [0.4, 0.5) is 0 Å². The van der Waals surface area contributed by atoms with E-state index in [9.17, 15) is 4.79 Å². The van der Waals surface area contributed by atoms with Crippen molar-refractivity contribution in [1.82, 2.24) is 15.0 Å². The highest BCUT2D eigenvalue weighted by Crippen LogP contribution is 2.33. The summed E-state index contributed by atoms with van der Waals surface area (Å²) in [4.78, 5) is 19.5. The van der Waals surface area contributed by atoms with Crippen LogP contribution in [0.2, 0.25) is 0 Å². The van der Waals surface area contributed by atoms with Gasteiger partial charge in [-0.25, -0.2) is 0 Å². The van der Waals surface area contributed by atoms with E-state index in [2.05, 4.69) is 10.1 Å². The number of likely N-dealkylation sites (tertiary alicyclic amines) is 1. The molecule has 8 nitrogen and oxygen atoms in total. The topological polar surface area (TPSA) is 86.9 Å². The molecule has 1 aliphatic rings. The second-order valence-electron chi connectivity index (χ2n) is 7.66. The number of piperidine rings is 1. The second-order valence-corrected chi connectivity index (χ2v) is 7.66. The van der Waals surface area contributed by atoms with Crippen molar-refractivity contribution in [3.05, 3.63) is 71.4 Å². The van der Waals surface area contributed by atoms with E-state index in [1.54, 1.807) is 25.3 Å². The first-order valence-electron chi connectivity index (χ1n) is 10.6. The predicted molar refractivity (Wildman–Crippen MR) is 117 cm³/mol. The first-order valence-corrected chi connectivity index (χ1v) is 10.6. The van der Waals surface area contributed by atoms with E-state index in [4.69, 9.17) is 18.7 Å². The summed E-state index contributed by atoms with van der Waals surface area (Å²) in [5.74, 6) is 1.94. The van der Waals surface area contributed by atoms with Gasteiger partial charge in [0.2, 0.25) is 0 Å². The lowest BCUT2D eigenvalue weighted by Gasteiger charge is -2.31. The van der Waals surface area contributed by atoms with Crippen molar-refractivity contribution in [3.63, 3.8) is 0 Å². The van der Waals surface area contributed by atoms with Crippen LogP contribution in [0.5, 0.6) is 11.5 Å². The summed E-state index contributed by atoms with van der Waals surface area (Å²) in [5.41, 5.74) is 1.57. The number of methoxy groups -OCH3 is 2. The van der Waals surface area contributed by atoms with Crippen LogP contribution in [0.25, 0.3) is 0 Å². The van der Waals surface area contributed by atoms with Gasteiger partial charge >= 0.3 is 0 Å². The van der Waals surface area contributed by atoms with Crippen molar-refractivity contribution in [3.8, 4) is 11.5 Å². The monoisotopic (exact) mass is 437 g/mol. The molecule has 1 aromatic heterocycles. The molecule has 0 bridgehead atoms. The summed E-state index contributed by atoms with van der Waals surface area (Å²) >= 11 is 0. The summed E-state index contributed by atoms with van der Waals surface area (Å²) in [6.45, 7) is 1.91. The number of aromatic nitrogens is 2. The highest BCUT2D eigenvalue weighted by molar-refractivity contribution is 5.98. The molecule has 168 valence electrons. The number of hydrogen-bond donors (Lipinski definition) is 0. The van der Waals surface area contributed by atoms with E-state index < -0.39 is 0 Å². The summed E-state index contributed by atoms with van der Waals surface area (Å²) < 4.78 is 21.8. The number of carbonyl (C=O) groups excluding carboxylic acids is 1. The van der Waals surface area contributed by atoms with E-state index in [0.717, 1.165) is 18.4 Å². The average Bonchev–Trinajstić information content (AvgIpc) is 3.32. The molecule has 0 N–H and O–H groups in total. The number of carbonyl (C=O) groups is 1. The third kappa shape index (κ3) is 4.91. The van der Waals surface area contributed by atoms with Gasteiger partial charge in [0, 0.05) is 19.0 Å². The maximum absolute atomic E-state index is 13.2. The molecule has 0 aliphatic carbocycles. The standard InChI is InChI=1S/C24H27N3O5/c1-29-20-12-6-11-19(22(20)30-2)24(28)27-13-7-10-18(14-27)23-25-21(32-26-23)16-31-15-17-8-4-3-5-9-17/h3-6,8-9,11-12,18H,7,10,13-16H2,1-2H3. The van der Waals surface area contributed by atoms with Crippen molar-refractivity contribution in [2.75, 3.05) is 27.3 Å². The molecule has 2 heterocycles. The lowest BCUT2D eigenvalue weighted by molar-refractivity contribution is 0.0699. The first kappa shape index (κ1) is 21.8. The molecule has 1 aliphatic heterocycles. The highest BCUT2D eigenvalue weighted by Gasteiger charge is 2.30. The Morgan fingerprint density at radius 3 is 2.72 bits per heavy atom. The summed E-state index contributed by atoms with van der Waals surface area (Å²) in [6.07, 6.45) is 1.75. The first-order chi connectivity index (χ1) is 15.7. The van der Waals surface area contributed by atoms with Gasteiger partial charge in [0.1, 0.15) is 6.61 Å². The van der Waals surface area contributed by atoms with Crippen LogP contribution < -0.4 is 9.47 Å². The van der Waals surface area contributed by atoms with Crippen LogP contribution in [-0.4, -0.2) is 48.3 Å². The summed E-state index contributed by atoms with van der Waals surface area (Å²) in [7, 11) is 3.09. The van der Waals surface area contributed by atoms with Crippen LogP contribution in [0.1, 0.15) is 46.4 Å². The molecule has 32 heavy (non-hydrogen) atoms. The molecular weight excluding hydrogens is 410 g/mol. The van der Waals surface area contributed by atoms with Gasteiger partial charge in [-0.1, -0.05) is 41.6 Å². The minimum absolute atomic E-state index is 0.0101. The number of nitrogens with zero attached hydrogens (tertiary/aromatic N) is 3. The number of benzene rings is 2. The minimum atomic E-state index is -0.0969. The molecular formula is C24H27N3O5. The minimum Gasteiger partial charge on any atom is -0.493 e. The van der Waals surface area contributed by atoms with Crippen LogP contribution >= 0.6 is 0 Å². The fourth-order valence-electron chi connectivity index (χ4n) is 3.92. The fourth-order valence-corrected chi connectivity index (χ4v) is 3.92. The third-order valence-electron chi connectivity index (χ3n) is 5.53. The van der Waals surface area contributed by atoms with E-state index in [1.807, 2.05) is 35.2 Å². The Labute approximate surface area is 187 Å². The number of amides is 1. The molecule has 2 aromatic carbocycles. The zero-order valence-corrected chi connectivity index (χ0v) is 18.3. The van der Waals surface area contributed by atoms with Gasteiger partial charge in [0.25, 0.3) is 11.8 Å². The molecule has 1 fully saturated rings. The van der Waals surface area contributed by atoms with Gasteiger partial charge in [-0.05, 0) is 30.5 Å². The molecule has 3 aromatic rings. The second kappa shape index (κ2) is 10.3. The number of hydrogen-bond acceptors (Lipinski definition) is 7. The largest absolute Gasteiger partial charge is 0.493 e. The predicted octanol–water partition coefficient (Wildman–Crippen LogP) is 3.82. The van der Waals surface area contributed by atoms with Gasteiger partial charge < -0.3 is 23.6 Å². The molecule has 0 radical (unpaired) electrons. The Morgan fingerprint density at radius 2 is 1.94 bits per heavy atom. The van der Waals surface area contributed by atoms with E-state index in [-0.39, 0.29) is 18.4 Å². The maximum atomic E-state index is 13.2. The van der Waals surface area contributed by atoms with Gasteiger partial charge in [-0.15, -0.1) is 0 Å². The molecule has 1 atom stereocenters. The van der Waals surface area contributed by atoms with Crippen molar-refractivity contribution in [2.24, 2.45) is 0 Å². The van der Waals surface area contributed by atoms with Crippen molar-refractivity contribution in [1.29, 1.82) is 0 Å². The zero-order chi connectivity index (χ0) is 22.3. The molecule has 8 heteroatoms. The van der Waals surface area contributed by atoms with Crippen molar-refractivity contribution >= 4 is 5.91 Å². The van der Waals surface area contributed by atoms with Crippen molar-refractivity contribution in [2.45, 2.75) is 32.0 Å². The average molecular weight is 437 g/mol. The van der Waals surface area contributed by atoms with E-state index in [0.29, 0.717) is 48.5 Å². The smallest absolute Gasteiger partial charge is 0.257 e. The normalized spacial score (nSPS) is 16.1. The number of rotatable bonds is 8. The van der Waals surface area contributed by atoms with Gasteiger partial charge in [0.05, 0.1) is 26.4 Å². The molecule has 4 rings (SSSR count). The van der Waals surface area contributed by atoms with Crippen LogP contribution in [0.15, 0.2) is 53.1 Å². The lowest BCUT2D eigenvalue weighted by Crippen LogP contribution is -2.39. The highest BCUT2D eigenvalue weighted by atomic mass is 16.5. The Morgan fingerprint density at radius 1 is 1.09 bits per heavy atom. The molecule has 1 unspecified atom stereocenters. The fraction of sp³-hybridized carbons (Fsp3) is 0.375. The van der Waals surface area contributed by atoms with Gasteiger partial charge in [-0.2, -0.15) is 4.98 Å². The van der Waals surface area contributed by atoms with Gasteiger partial charge in [0.15, 0.2) is 17.3 Å². The third-order valence-corrected chi connectivity index (χ3v) is 5.53. The zero-order valence-electron chi connectivity index (χ0n) is 18.3. The Balaban J connectivity index is 1.39. The quantitative estimate of drug-likeness (QED) is 0.529. The van der Waals surface area contributed by atoms with Crippen molar-refractivity contribution < 1.29 is 23.5 Å². The summed E-state index contributed by atoms with van der Waals surface area (Å²) in [5, 5.41) is 4.14. The Hall–Kier alpha value is -3.39. The molecule has 1 amide bonds. The van der Waals surface area contributed by atoms with E-state index in [1.165, 1.54) is 7.11 Å². The summed E-state index contributed by atoms with van der Waals surface area (Å²) in [6, 6.07) is 15.2. The maximum Gasteiger partial charge on any atom is 0.257 e. The molecule has 0 spiro atoms. The Bertz CT molecular complexity index is 1040. The van der Waals surface area contributed by atoms with Crippen LogP contribution in [-0.2, 0) is 18.0 Å². The molecule has 0 saturated carbocycles. The van der Waals surface area contributed by atoms with Gasteiger partial charge in [-0.3, -0.25) is 4.79 Å².